The molecule has 0 fully saturated rings. The lowest BCUT2D eigenvalue weighted by Crippen LogP contribution is -2.75. The molecule has 0 amide bonds. The van der Waals surface area contributed by atoms with Gasteiger partial charge in [0.05, 0.1) is 23.3 Å². The first kappa shape index (κ1) is 37.6. The third kappa shape index (κ3) is 4.68. The predicted molar refractivity (Wildman–Crippen MR) is 281 cm³/mol. The maximum Gasteiger partial charge on any atom is 0.252 e. The third-order valence-corrected chi connectivity index (χ3v) is 20.4. The van der Waals surface area contributed by atoms with E-state index >= 15 is 0 Å². The third-order valence-electron chi connectivity index (χ3n) is 15.6. The normalized spacial score (nSPS) is 13.2. The summed E-state index contributed by atoms with van der Waals surface area (Å²) in [5, 5.41) is 33.8. The molecule has 0 saturated carbocycles. The van der Waals surface area contributed by atoms with Gasteiger partial charge in [-0.15, -0.1) is 0 Å². The van der Waals surface area contributed by atoms with E-state index in [-0.39, 0.29) is 13.4 Å². The van der Waals surface area contributed by atoms with Crippen molar-refractivity contribution < 1.29 is 9.47 Å². The lowest BCUT2D eigenvalue weighted by atomic mass is 9.32. The van der Waals surface area contributed by atoms with Crippen molar-refractivity contribution in [3.8, 4) is 57.4 Å². The molecule has 15 rings (SSSR count). The highest BCUT2D eigenvalue weighted by molar-refractivity contribution is 7.21. The van der Waals surface area contributed by atoms with Crippen LogP contribution in [0.3, 0.4) is 0 Å². The summed E-state index contributed by atoms with van der Waals surface area (Å²) >= 11 is 0. The molecule has 0 N–H and O–H groups in total. The smallest absolute Gasteiger partial charge is 0.252 e. The molecule has 0 aromatic heterocycles. The van der Waals surface area contributed by atoms with Crippen molar-refractivity contribution in [2.45, 2.75) is 6.92 Å². The summed E-state index contributed by atoms with van der Waals surface area (Å²) in [5.74, 6) is 3.11. The fraction of sp³-hybridized carbons (Fsp3) is 0.0164. The monoisotopic (exact) mass is 876 g/mol. The highest BCUT2D eigenvalue weighted by Crippen LogP contribution is 2.47. The van der Waals surface area contributed by atoms with Crippen LogP contribution in [0.25, 0.3) is 54.6 Å². The quantitative estimate of drug-likeness (QED) is 0.107. The summed E-state index contributed by atoms with van der Waals surface area (Å²) < 4.78 is 13.6. The Morgan fingerprint density at radius 2 is 0.824 bits per heavy atom. The molecule has 68 heavy (non-hydrogen) atoms. The minimum Gasteiger partial charge on any atom is -0.458 e. The first-order chi connectivity index (χ1) is 33.5. The molecule has 0 bridgehead atoms. The molecule has 0 atom stereocenters. The Bertz CT molecular complexity index is 4050. The van der Waals surface area contributed by atoms with Crippen molar-refractivity contribution in [2.24, 2.45) is 0 Å². The zero-order chi connectivity index (χ0) is 45.0. The van der Waals surface area contributed by atoms with Crippen LogP contribution in [-0.2, 0) is 0 Å². The van der Waals surface area contributed by atoms with Gasteiger partial charge >= 0.3 is 0 Å². The Kier molecular flexibility index (Phi) is 7.46. The zero-order valence-corrected chi connectivity index (χ0v) is 37.8. The summed E-state index contributed by atoms with van der Waals surface area (Å²) in [6, 6.07) is 73.5. The Hall–Kier alpha value is -8.61. The highest BCUT2D eigenvalue weighted by Gasteiger charge is 2.48. The van der Waals surface area contributed by atoms with E-state index in [4.69, 9.17) is 9.47 Å². The SMILES string of the molecule is Cc1cc2c3c(cc4c([Si](c5ccccc5)(c5ccccc5)c5ccccc5)cc5c6c(cc1c3c46)B1c3ccccc3Oc3cc(C#N)cc-5c31)B1c3ccccc3Oc3cc(C#N)cc-2c31. The number of hydrogen-bond acceptors (Lipinski definition) is 4. The molecular formula is C61H34B2N2O2Si. The van der Waals surface area contributed by atoms with Gasteiger partial charge in [-0.2, -0.15) is 10.5 Å². The molecule has 4 aliphatic heterocycles. The van der Waals surface area contributed by atoms with Crippen LogP contribution < -0.4 is 63.0 Å². The molecule has 4 heterocycles. The maximum atomic E-state index is 10.7. The van der Waals surface area contributed by atoms with Gasteiger partial charge in [-0.05, 0) is 146 Å². The number of rotatable bonds is 4. The van der Waals surface area contributed by atoms with Crippen LogP contribution >= 0.6 is 0 Å². The van der Waals surface area contributed by atoms with Crippen molar-refractivity contribution >= 4 is 107 Å². The van der Waals surface area contributed by atoms with E-state index in [9.17, 15) is 10.5 Å². The fourth-order valence-electron chi connectivity index (χ4n) is 13.1. The number of hydrogen-bond donors (Lipinski definition) is 0. The highest BCUT2D eigenvalue weighted by atomic mass is 28.3. The average Bonchev–Trinajstić information content (AvgIpc) is 3.39. The molecular weight excluding hydrogens is 842 g/mol. The van der Waals surface area contributed by atoms with Crippen molar-refractivity contribution in [3.05, 3.63) is 205 Å². The van der Waals surface area contributed by atoms with Crippen LogP contribution in [0, 0.1) is 29.6 Å². The molecule has 4 nitrogen and oxygen atoms in total. The number of aryl methyl sites for hydroxylation is 1. The second-order valence-corrected chi connectivity index (χ2v) is 22.6. The van der Waals surface area contributed by atoms with Crippen molar-refractivity contribution in [2.75, 3.05) is 0 Å². The van der Waals surface area contributed by atoms with Crippen molar-refractivity contribution in [1.29, 1.82) is 10.5 Å². The van der Waals surface area contributed by atoms with Gasteiger partial charge in [-0.1, -0.05) is 163 Å². The molecule has 7 heteroatoms. The average molecular weight is 877 g/mol. The summed E-state index contributed by atoms with van der Waals surface area (Å²) in [5.41, 5.74) is 13.6. The van der Waals surface area contributed by atoms with Crippen LogP contribution in [0.15, 0.2) is 188 Å². The van der Waals surface area contributed by atoms with Gasteiger partial charge in [0.2, 0.25) is 0 Å². The lowest BCUT2D eigenvalue weighted by Gasteiger charge is -2.40. The standard InChI is InChI=1S/C61H34B2N2O2Si/c1-35-25-42-44-26-36(33-64)28-53-60(44)63(48-22-12-14-24-52(48)66-53)50-31-46-55(68(38-15-5-2-6-16-38,39-17-7-3-8-18-39)40-19-9-4-10-20-40)32-43-45-27-37(34-65)29-54-61(45)62(47-21-11-13-23-51(47)67-54)49-30-41(35)58(56(42)50)59(46)57(43)49/h2-32H,1H3. The van der Waals surface area contributed by atoms with Gasteiger partial charge in [-0.3, -0.25) is 0 Å². The Balaban J connectivity index is 1.23. The molecule has 0 saturated heterocycles. The van der Waals surface area contributed by atoms with Gasteiger partial charge in [-0.25, -0.2) is 0 Å². The molecule has 0 unspecified atom stereocenters. The van der Waals surface area contributed by atoms with Crippen LogP contribution in [0.4, 0.5) is 0 Å². The molecule has 0 radical (unpaired) electrons. The number of benzene rings is 11. The lowest BCUT2D eigenvalue weighted by molar-refractivity contribution is 0.487. The minimum absolute atomic E-state index is 0.127. The van der Waals surface area contributed by atoms with Crippen molar-refractivity contribution in [3.63, 3.8) is 0 Å². The van der Waals surface area contributed by atoms with Crippen molar-refractivity contribution in [1.82, 2.24) is 0 Å². The number of ether oxygens (including phenoxy) is 2. The molecule has 0 spiro atoms. The molecule has 0 aliphatic carbocycles. The number of nitriles is 2. The van der Waals surface area contributed by atoms with Gasteiger partial charge in [0.1, 0.15) is 23.0 Å². The number of fused-ring (bicyclic) bond motifs is 8. The van der Waals surface area contributed by atoms with E-state index in [0.29, 0.717) is 11.1 Å². The Morgan fingerprint density at radius 1 is 0.397 bits per heavy atom. The van der Waals surface area contributed by atoms with Gasteiger partial charge < -0.3 is 9.47 Å². The first-order valence-electron chi connectivity index (χ1n) is 23.3. The minimum atomic E-state index is -3.25. The van der Waals surface area contributed by atoms with E-state index in [1.54, 1.807) is 0 Å². The van der Waals surface area contributed by atoms with Crippen LogP contribution in [-0.4, -0.2) is 21.5 Å². The summed E-state index contributed by atoms with van der Waals surface area (Å²) in [7, 11) is -3.25. The molecule has 310 valence electrons. The fourth-order valence-corrected chi connectivity index (χ4v) is 18.0. The Labute approximate surface area is 394 Å². The van der Waals surface area contributed by atoms with Gasteiger partial charge in [0.15, 0.2) is 8.07 Å². The zero-order valence-electron chi connectivity index (χ0n) is 36.8. The van der Waals surface area contributed by atoms with Crippen LogP contribution in [0.1, 0.15) is 16.7 Å². The van der Waals surface area contributed by atoms with Gasteiger partial charge in [0.25, 0.3) is 13.4 Å². The van der Waals surface area contributed by atoms with E-state index < -0.39 is 8.07 Å². The largest absolute Gasteiger partial charge is 0.458 e. The van der Waals surface area contributed by atoms with E-state index in [1.165, 1.54) is 69.6 Å². The van der Waals surface area contributed by atoms with E-state index in [2.05, 4.69) is 183 Å². The topological polar surface area (TPSA) is 66.0 Å². The number of nitrogens with zero attached hydrogens (tertiary/aromatic N) is 2. The maximum absolute atomic E-state index is 10.7. The Morgan fingerprint density at radius 3 is 1.31 bits per heavy atom. The second-order valence-electron chi connectivity index (χ2n) is 18.8. The van der Waals surface area contributed by atoms with E-state index in [0.717, 1.165) is 67.1 Å². The predicted octanol–water partition coefficient (Wildman–Crippen LogP) is 7.22. The van der Waals surface area contributed by atoms with Gasteiger partial charge in [0, 0.05) is 0 Å². The second kappa shape index (κ2) is 13.5. The summed E-state index contributed by atoms with van der Waals surface area (Å²) in [4.78, 5) is 0. The van der Waals surface area contributed by atoms with Crippen LogP contribution in [0.2, 0.25) is 0 Å². The first-order valence-corrected chi connectivity index (χ1v) is 25.3. The van der Waals surface area contributed by atoms with E-state index in [1.807, 2.05) is 24.3 Å². The van der Waals surface area contributed by atoms with Crippen LogP contribution in [0.5, 0.6) is 23.0 Å². The summed E-state index contributed by atoms with van der Waals surface area (Å²) in [6.07, 6.45) is 0. The summed E-state index contributed by atoms with van der Waals surface area (Å²) in [6.45, 7) is 1.98. The molecule has 11 aromatic carbocycles. The number of para-hydroxylation sites is 2. The molecule has 4 aliphatic rings. The molecule has 11 aromatic rings.